The number of piperazine rings is 1. The van der Waals surface area contributed by atoms with Gasteiger partial charge in [-0.3, -0.25) is 4.90 Å². The lowest BCUT2D eigenvalue weighted by Crippen LogP contribution is -2.54. The van der Waals surface area contributed by atoms with Crippen molar-refractivity contribution in [3.8, 4) is 5.75 Å². The molecule has 1 fully saturated rings. The van der Waals surface area contributed by atoms with Crippen molar-refractivity contribution in [2.24, 2.45) is 5.73 Å². The maximum atomic E-state index is 6.28. The molecule has 0 saturated carbocycles. The Bertz CT molecular complexity index is 418. The van der Waals surface area contributed by atoms with Gasteiger partial charge in [0.1, 0.15) is 5.75 Å². The Balaban J connectivity index is 2.21. The summed E-state index contributed by atoms with van der Waals surface area (Å²) >= 11 is 0. The van der Waals surface area contributed by atoms with Crippen LogP contribution in [-0.4, -0.2) is 55.7 Å². The second-order valence-corrected chi connectivity index (χ2v) is 5.93. The molecule has 0 aromatic heterocycles. The van der Waals surface area contributed by atoms with E-state index >= 15 is 0 Å². The van der Waals surface area contributed by atoms with E-state index in [9.17, 15) is 0 Å². The van der Waals surface area contributed by atoms with Gasteiger partial charge in [0.2, 0.25) is 0 Å². The number of nitrogens with zero attached hydrogens (tertiary/aromatic N) is 2. The lowest BCUT2D eigenvalue weighted by atomic mass is 9.96. The standard InChI is InChI=1S/C16H27N3O/c1-12-11-18(3)9-10-19(12)16(13(2)17)14-5-7-15(20-4)8-6-14/h5-8,12-13,16H,9-11,17H2,1-4H3. The van der Waals surface area contributed by atoms with Crippen LogP contribution in [0.15, 0.2) is 24.3 Å². The predicted molar refractivity (Wildman–Crippen MR) is 83.0 cm³/mol. The van der Waals surface area contributed by atoms with Crippen LogP contribution in [0, 0.1) is 0 Å². The first-order chi connectivity index (χ1) is 9.52. The topological polar surface area (TPSA) is 41.7 Å². The van der Waals surface area contributed by atoms with E-state index in [0.29, 0.717) is 6.04 Å². The van der Waals surface area contributed by atoms with Crippen molar-refractivity contribution in [2.45, 2.75) is 32.0 Å². The average molecular weight is 277 g/mol. The zero-order valence-corrected chi connectivity index (χ0v) is 13.0. The number of methoxy groups -OCH3 is 1. The van der Waals surface area contributed by atoms with Crippen LogP contribution in [0.1, 0.15) is 25.5 Å². The second-order valence-electron chi connectivity index (χ2n) is 5.93. The van der Waals surface area contributed by atoms with E-state index in [1.807, 2.05) is 12.1 Å². The summed E-state index contributed by atoms with van der Waals surface area (Å²) in [4.78, 5) is 4.92. The van der Waals surface area contributed by atoms with Gasteiger partial charge in [-0.2, -0.15) is 0 Å². The Kier molecular flexibility index (Phi) is 5.02. The molecular formula is C16H27N3O. The first kappa shape index (κ1) is 15.3. The lowest BCUT2D eigenvalue weighted by molar-refractivity contribution is 0.0521. The van der Waals surface area contributed by atoms with E-state index < -0.39 is 0 Å². The second kappa shape index (κ2) is 6.57. The molecule has 1 aliphatic heterocycles. The van der Waals surface area contributed by atoms with Crippen molar-refractivity contribution in [1.29, 1.82) is 0 Å². The van der Waals surface area contributed by atoms with Crippen LogP contribution >= 0.6 is 0 Å². The third-order valence-electron chi connectivity index (χ3n) is 4.19. The Labute approximate surface area is 122 Å². The first-order valence-electron chi connectivity index (χ1n) is 7.36. The summed E-state index contributed by atoms with van der Waals surface area (Å²) in [6.45, 7) is 7.65. The largest absolute Gasteiger partial charge is 0.497 e. The molecule has 3 atom stereocenters. The molecule has 1 aromatic carbocycles. The maximum absolute atomic E-state index is 6.28. The third-order valence-corrected chi connectivity index (χ3v) is 4.19. The van der Waals surface area contributed by atoms with E-state index in [1.54, 1.807) is 7.11 Å². The number of rotatable bonds is 4. The molecule has 2 rings (SSSR count). The quantitative estimate of drug-likeness (QED) is 0.910. The summed E-state index contributed by atoms with van der Waals surface area (Å²) in [6.07, 6.45) is 0. The lowest BCUT2D eigenvalue weighted by Gasteiger charge is -2.44. The minimum atomic E-state index is 0.106. The zero-order valence-electron chi connectivity index (χ0n) is 13.0. The number of likely N-dealkylation sites (N-methyl/N-ethyl adjacent to an activating group) is 1. The molecule has 4 heteroatoms. The molecule has 4 nitrogen and oxygen atoms in total. The molecule has 0 amide bonds. The van der Waals surface area contributed by atoms with Gasteiger partial charge in [-0.05, 0) is 38.6 Å². The molecule has 20 heavy (non-hydrogen) atoms. The molecular weight excluding hydrogens is 250 g/mol. The Morgan fingerprint density at radius 2 is 1.90 bits per heavy atom. The van der Waals surface area contributed by atoms with Crippen molar-refractivity contribution < 1.29 is 4.74 Å². The van der Waals surface area contributed by atoms with Gasteiger partial charge in [0.15, 0.2) is 0 Å². The van der Waals surface area contributed by atoms with Gasteiger partial charge in [0, 0.05) is 37.8 Å². The van der Waals surface area contributed by atoms with Crippen molar-refractivity contribution in [2.75, 3.05) is 33.8 Å². The van der Waals surface area contributed by atoms with Crippen molar-refractivity contribution in [3.63, 3.8) is 0 Å². The van der Waals surface area contributed by atoms with E-state index in [2.05, 4.69) is 42.8 Å². The summed E-state index contributed by atoms with van der Waals surface area (Å²) in [5.41, 5.74) is 7.56. The highest BCUT2D eigenvalue weighted by molar-refractivity contribution is 5.30. The van der Waals surface area contributed by atoms with Crippen LogP contribution < -0.4 is 10.5 Å². The van der Waals surface area contributed by atoms with Gasteiger partial charge in [-0.15, -0.1) is 0 Å². The SMILES string of the molecule is COc1ccc(C(C(C)N)N2CCN(C)CC2C)cc1. The number of hydrogen-bond donors (Lipinski definition) is 1. The van der Waals surface area contributed by atoms with Gasteiger partial charge in [0.05, 0.1) is 7.11 Å². The highest BCUT2D eigenvalue weighted by atomic mass is 16.5. The minimum absolute atomic E-state index is 0.106. The molecule has 0 spiro atoms. The van der Waals surface area contributed by atoms with Crippen LogP contribution in [0.2, 0.25) is 0 Å². The molecule has 1 aliphatic rings. The Morgan fingerprint density at radius 3 is 2.40 bits per heavy atom. The molecule has 0 bridgehead atoms. The Morgan fingerprint density at radius 1 is 1.25 bits per heavy atom. The summed E-state index contributed by atoms with van der Waals surface area (Å²) in [7, 11) is 3.88. The molecule has 1 aromatic rings. The van der Waals surface area contributed by atoms with Gasteiger partial charge < -0.3 is 15.4 Å². The smallest absolute Gasteiger partial charge is 0.118 e. The van der Waals surface area contributed by atoms with Crippen LogP contribution in [-0.2, 0) is 0 Å². The fourth-order valence-corrected chi connectivity index (χ4v) is 3.17. The molecule has 1 heterocycles. The molecule has 0 radical (unpaired) electrons. The summed E-state index contributed by atoms with van der Waals surface area (Å²) in [5.74, 6) is 0.892. The summed E-state index contributed by atoms with van der Waals surface area (Å²) < 4.78 is 5.24. The van der Waals surface area contributed by atoms with Gasteiger partial charge in [-0.1, -0.05) is 12.1 Å². The van der Waals surface area contributed by atoms with Gasteiger partial charge >= 0.3 is 0 Å². The number of hydrogen-bond acceptors (Lipinski definition) is 4. The van der Waals surface area contributed by atoms with Crippen molar-refractivity contribution in [1.82, 2.24) is 9.80 Å². The summed E-state index contributed by atoms with van der Waals surface area (Å²) in [6, 6.07) is 9.21. The van der Waals surface area contributed by atoms with E-state index in [-0.39, 0.29) is 12.1 Å². The molecule has 0 aliphatic carbocycles. The zero-order chi connectivity index (χ0) is 14.7. The van der Waals surface area contributed by atoms with Crippen molar-refractivity contribution in [3.05, 3.63) is 29.8 Å². The van der Waals surface area contributed by atoms with Crippen molar-refractivity contribution >= 4 is 0 Å². The average Bonchev–Trinajstić information content (AvgIpc) is 2.42. The fourth-order valence-electron chi connectivity index (χ4n) is 3.17. The highest BCUT2D eigenvalue weighted by Gasteiger charge is 2.31. The number of ether oxygens (including phenoxy) is 1. The number of nitrogens with two attached hydrogens (primary N) is 1. The minimum Gasteiger partial charge on any atom is -0.497 e. The van der Waals surface area contributed by atoms with E-state index in [4.69, 9.17) is 10.5 Å². The van der Waals surface area contributed by atoms with Crippen LogP contribution in [0.4, 0.5) is 0 Å². The molecule has 2 N–H and O–H groups in total. The molecule has 112 valence electrons. The highest BCUT2D eigenvalue weighted by Crippen LogP contribution is 2.28. The fraction of sp³-hybridized carbons (Fsp3) is 0.625. The maximum Gasteiger partial charge on any atom is 0.118 e. The summed E-state index contributed by atoms with van der Waals surface area (Å²) in [5, 5.41) is 0. The first-order valence-corrected chi connectivity index (χ1v) is 7.36. The van der Waals surface area contributed by atoms with Gasteiger partial charge in [0.25, 0.3) is 0 Å². The molecule has 3 unspecified atom stereocenters. The predicted octanol–water partition coefficient (Wildman–Crippen LogP) is 1.72. The van der Waals surface area contributed by atoms with Gasteiger partial charge in [-0.25, -0.2) is 0 Å². The Hall–Kier alpha value is -1.10. The van der Waals surface area contributed by atoms with E-state index in [1.165, 1.54) is 5.56 Å². The van der Waals surface area contributed by atoms with Crippen LogP contribution in [0.25, 0.3) is 0 Å². The monoisotopic (exact) mass is 277 g/mol. The van der Waals surface area contributed by atoms with E-state index in [0.717, 1.165) is 25.4 Å². The molecule has 1 saturated heterocycles. The third kappa shape index (κ3) is 3.32. The normalized spacial score (nSPS) is 24.4. The van der Waals surface area contributed by atoms with Crippen LogP contribution in [0.3, 0.4) is 0 Å². The number of benzene rings is 1. The van der Waals surface area contributed by atoms with Crippen LogP contribution in [0.5, 0.6) is 5.75 Å².